The summed E-state index contributed by atoms with van der Waals surface area (Å²) in [5.74, 6) is -6.07. The van der Waals surface area contributed by atoms with Crippen molar-refractivity contribution in [1.29, 1.82) is 0 Å². The first-order valence-corrected chi connectivity index (χ1v) is 9.83. The molecule has 1 fully saturated rings. The van der Waals surface area contributed by atoms with Crippen LogP contribution in [-0.4, -0.2) is 23.9 Å². The first-order chi connectivity index (χ1) is 12.3. The van der Waals surface area contributed by atoms with Crippen molar-refractivity contribution < 1.29 is 27.2 Å². The summed E-state index contributed by atoms with van der Waals surface area (Å²) in [5.41, 5.74) is 0.348. The van der Waals surface area contributed by atoms with Gasteiger partial charge < -0.3 is 0 Å². The molecule has 0 bridgehead atoms. The molecule has 8 heteroatoms. The van der Waals surface area contributed by atoms with E-state index in [0.717, 1.165) is 0 Å². The van der Waals surface area contributed by atoms with E-state index in [1.165, 1.54) is 13.8 Å². The van der Waals surface area contributed by atoms with Gasteiger partial charge in [0.25, 0.3) is 0 Å². The lowest BCUT2D eigenvalue weighted by molar-refractivity contribution is 0.0240. The molecule has 5 rings (SSSR count). The van der Waals surface area contributed by atoms with Gasteiger partial charge in [-0.25, -0.2) is 8.78 Å². The van der Waals surface area contributed by atoms with E-state index < -0.39 is 57.8 Å². The molecule has 0 radical (unpaired) electrons. The molecule has 0 aromatic carbocycles. The summed E-state index contributed by atoms with van der Waals surface area (Å²) in [4.78, 5) is 25.9. The van der Waals surface area contributed by atoms with Gasteiger partial charge in [0.2, 0.25) is 0 Å². The zero-order chi connectivity index (χ0) is 18.7. The van der Waals surface area contributed by atoms with Crippen LogP contribution in [0.4, 0.5) is 17.6 Å². The number of carbonyl (C=O) groups is 2. The van der Waals surface area contributed by atoms with E-state index in [0.29, 0.717) is 22.7 Å². The lowest BCUT2D eigenvalue weighted by Gasteiger charge is -2.39. The van der Waals surface area contributed by atoms with Gasteiger partial charge in [0, 0.05) is 43.8 Å². The van der Waals surface area contributed by atoms with Gasteiger partial charge in [0.1, 0.15) is 12.3 Å². The summed E-state index contributed by atoms with van der Waals surface area (Å²) in [6.07, 6.45) is -3.59. The summed E-state index contributed by atoms with van der Waals surface area (Å²) in [7, 11) is 0. The van der Waals surface area contributed by atoms with E-state index in [1.807, 2.05) is 0 Å². The van der Waals surface area contributed by atoms with Gasteiger partial charge in [-0.2, -0.15) is 8.78 Å². The molecule has 6 atom stereocenters. The Bertz CT molecular complexity index is 927. The molecule has 6 unspecified atom stereocenters. The first-order valence-electron chi connectivity index (χ1n) is 8.19. The van der Waals surface area contributed by atoms with E-state index >= 15 is 8.78 Å². The molecule has 1 saturated carbocycles. The van der Waals surface area contributed by atoms with Crippen LogP contribution in [0.2, 0.25) is 0 Å². The van der Waals surface area contributed by atoms with Gasteiger partial charge in [0.15, 0.2) is 21.8 Å². The van der Waals surface area contributed by atoms with Gasteiger partial charge in [-0.1, -0.05) is 0 Å². The first kappa shape index (κ1) is 16.6. The number of ketones is 2. The fraction of sp³-hybridized carbons (Fsp3) is 0.444. The molecular formula is C18H12F4O2S2. The quantitative estimate of drug-likeness (QED) is 0.591. The average molecular weight is 400 g/mol. The van der Waals surface area contributed by atoms with Crippen LogP contribution in [0.5, 0.6) is 0 Å². The van der Waals surface area contributed by atoms with E-state index in [-0.39, 0.29) is 32.0 Å². The van der Waals surface area contributed by atoms with Crippen molar-refractivity contribution in [1.82, 2.24) is 0 Å². The predicted octanol–water partition coefficient (Wildman–Crippen LogP) is 4.89. The highest BCUT2D eigenvalue weighted by atomic mass is 32.1. The number of carbonyl (C=O) groups excluding carboxylic acids is 2. The van der Waals surface area contributed by atoms with E-state index in [2.05, 4.69) is 0 Å². The molecule has 0 N–H and O–H groups in total. The molecular weight excluding hydrogens is 388 g/mol. The summed E-state index contributed by atoms with van der Waals surface area (Å²) < 4.78 is 58.7. The number of fused-ring (bicyclic) bond motifs is 6. The highest BCUT2D eigenvalue weighted by Gasteiger charge is 2.64. The minimum atomic E-state index is -1.80. The van der Waals surface area contributed by atoms with Crippen LogP contribution < -0.4 is 0 Å². The van der Waals surface area contributed by atoms with Gasteiger partial charge in [0.05, 0.1) is 11.8 Å². The van der Waals surface area contributed by atoms with Gasteiger partial charge in [-0.3, -0.25) is 9.59 Å². The molecule has 3 aliphatic carbocycles. The summed E-state index contributed by atoms with van der Waals surface area (Å²) >= 11 is 1.33. The molecule has 2 aromatic rings. The van der Waals surface area contributed by atoms with Gasteiger partial charge in [-0.15, -0.1) is 22.7 Å². The number of hydrogen-bond donors (Lipinski definition) is 0. The Morgan fingerprint density at radius 3 is 1.38 bits per heavy atom. The second kappa shape index (κ2) is 5.04. The van der Waals surface area contributed by atoms with Crippen molar-refractivity contribution in [2.24, 2.45) is 11.8 Å². The lowest BCUT2D eigenvalue weighted by atomic mass is 9.67. The molecule has 3 aliphatic rings. The second-order valence-corrected chi connectivity index (χ2v) is 9.21. The number of thiophene rings is 2. The molecule has 0 amide bonds. The molecule has 2 heterocycles. The van der Waals surface area contributed by atoms with Crippen molar-refractivity contribution in [2.45, 2.75) is 38.0 Å². The normalized spacial score (nSPS) is 34.7. The topological polar surface area (TPSA) is 34.1 Å². The highest BCUT2D eigenvalue weighted by Crippen LogP contribution is 2.62. The number of rotatable bonds is 0. The Hall–Kier alpha value is -1.54. The molecule has 26 heavy (non-hydrogen) atoms. The zero-order valence-corrected chi connectivity index (χ0v) is 15.2. The molecule has 136 valence electrons. The summed E-state index contributed by atoms with van der Waals surface area (Å²) in [6, 6.07) is 0. The molecule has 0 aliphatic heterocycles. The maximum Gasteiger partial charge on any atom is 0.180 e. The third kappa shape index (κ3) is 1.68. The number of hydrogen-bond acceptors (Lipinski definition) is 4. The number of alkyl halides is 2. The van der Waals surface area contributed by atoms with Crippen molar-refractivity contribution in [2.75, 3.05) is 0 Å². The van der Waals surface area contributed by atoms with Crippen LogP contribution in [0.1, 0.15) is 53.4 Å². The smallest absolute Gasteiger partial charge is 0.180 e. The lowest BCUT2D eigenvalue weighted by Crippen LogP contribution is -2.46. The zero-order valence-electron chi connectivity index (χ0n) is 13.6. The fourth-order valence-electron chi connectivity index (χ4n) is 4.90. The maximum absolute atomic E-state index is 15.4. The monoisotopic (exact) mass is 400 g/mol. The van der Waals surface area contributed by atoms with Crippen LogP contribution in [0.3, 0.4) is 0 Å². The second-order valence-electron chi connectivity index (χ2n) is 7.20. The van der Waals surface area contributed by atoms with Gasteiger partial charge in [-0.05, 0) is 13.8 Å². The van der Waals surface area contributed by atoms with Crippen LogP contribution in [-0.2, 0) is 0 Å². The summed E-state index contributed by atoms with van der Waals surface area (Å²) in [5, 5.41) is -1.16. The van der Waals surface area contributed by atoms with Crippen molar-refractivity contribution in [3.8, 4) is 0 Å². The number of Topliss-reactive ketones (excluding diaryl/α,β-unsaturated/α-hetero) is 2. The highest BCUT2D eigenvalue weighted by molar-refractivity contribution is 7.11. The van der Waals surface area contributed by atoms with E-state index in [1.54, 1.807) is 0 Å². The standard InChI is InChI=1S/C18H12F4O2S2/c1-3-5-13(23)7-9(15(5)25-17(3)21)12(20)8-10(11(7)19)16-6(14(8)24)4(2)18(22)26-16/h7-12H,1-2H3. The van der Waals surface area contributed by atoms with Crippen molar-refractivity contribution in [3.05, 3.63) is 42.3 Å². The maximum atomic E-state index is 15.4. The Labute approximate surface area is 153 Å². The van der Waals surface area contributed by atoms with Crippen molar-refractivity contribution >= 4 is 34.2 Å². The third-order valence-corrected chi connectivity index (χ3v) is 8.44. The van der Waals surface area contributed by atoms with Crippen LogP contribution >= 0.6 is 22.7 Å². The third-order valence-electron chi connectivity index (χ3n) is 6.08. The molecule has 2 nitrogen and oxygen atoms in total. The SMILES string of the molecule is Cc1c(F)sc2c1C(=O)C1C(F)C3c4sc(F)c(C)c4C(=O)C3C(F)C21. The molecule has 2 aromatic heterocycles. The average Bonchev–Trinajstić information content (AvgIpc) is 3.23. The van der Waals surface area contributed by atoms with Crippen LogP contribution in [0, 0.1) is 35.9 Å². The fourth-order valence-corrected chi connectivity index (χ4v) is 7.33. The minimum absolute atomic E-state index is 0.0639. The van der Waals surface area contributed by atoms with Crippen LogP contribution in [0.15, 0.2) is 0 Å². The van der Waals surface area contributed by atoms with Crippen molar-refractivity contribution in [3.63, 3.8) is 0 Å². The largest absolute Gasteiger partial charge is 0.294 e. The Morgan fingerprint density at radius 2 is 1.04 bits per heavy atom. The van der Waals surface area contributed by atoms with E-state index in [4.69, 9.17) is 0 Å². The molecule has 0 spiro atoms. The Balaban J connectivity index is 1.69. The Morgan fingerprint density at radius 1 is 0.692 bits per heavy atom. The molecule has 0 saturated heterocycles. The van der Waals surface area contributed by atoms with Crippen LogP contribution in [0.25, 0.3) is 0 Å². The van der Waals surface area contributed by atoms with E-state index in [9.17, 15) is 18.4 Å². The summed E-state index contributed by atoms with van der Waals surface area (Å²) in [6.45, 7) is 2.84. The predicted molar refractivity (Wildman–Crippen MR) is 88.9 cm³/mol. The Kier molecular flexibility index (Phi) is 3.22. The number of halogens is 4. The minimum Gasteiger partial charge on any atom is -0.294 e. The van der Waals surface area contributed by atoms with Gasteiger partial charge >= 0.3 is 0 Å².